The number of esters is 1. The van der Waals surface area contributed by atoms with E-state index in [1.807, 2.05) is 54.4 Å². The molecule has 1 amide bonds. The summed E-state index contributed by atoms with van der Waals surface area (Å²) in [7, 11) is 4.01. The topological polar surface area (TPSA) is 59.1 Å². The molecule has 2 heterocycles. The van der Waals surface area contributed by atoms with E-state index >= 15 is 0 Å². The SMILES string of the molecule is CC(=O)O[C@@]12CC[C@@H](N(C)C(=O)C=Cc3ccccc3)[C@@H]3Oc4cccc5c4[C@@]31CCN(C)[C@@H]2C5. The van der Waals surface area contributed by atoms with Crippen molar-refractivity contribution in [2.45, 2.75) is 61.8 Å². The average Bonchev–Trinajstić information content (AvgIpc) is 3.19. The Morgan fingerprint density at radius 1 is 1.14 bits per heavy atom. The minimum absolute atomic E-state index is 0.0460. The molecule has 2 aromatic rings. The summed E-state index contributed by atoms with van der Waals surface area (Å²) in [4.78, 5) is 30.0. The summed E-state index contributed by atoms with van der Waals surface area (Å²) in [6.45, 7) is 2.42. The minimum Gasteiger partial charge on any atom is -0.487 e. The van der Waals surface area contributed by atoms with E-state index in [2.05, 4.69) is 24.1 Å². The zero-order chi connectivity index (χ0) is 24.4. The molecule has 0 N–H and O–H groups in total. The quantitative estimate of drug-likeness (QED) is 0.503. The summed E-state index contributed by atoms with van der Waals surface area (Å²) >= 11 is 0. The van der Waals surface area contributed by atoms with Gasteiger partial charge in [-0.2, -0.15) is 0 Å². The Bertz CT molecular complexity index is 1210. The van der Waals surface area contributed by atoms with Crippen molar-refractivity contribution in [1.29, 1.82) is 0 Å². The highest BCUT2D eigenvalue weighted by Crippen LogP contribution is 2.65. The molecular formula is C29H32N2O4. The van der Waals surface area contributed by atoms with Crippen LogP contribution in [0.5, 0.6) is 5.75 Å². The van der Waals surface area contributed by atoms with Gasteiger partial charge in [-0.15, -0.1) is 0 Å². The van der Waals surface area contributed by atoms with Gasteiger partial charge in [0.25, 0.3) is 0 Å². The molecule has 2 aliphatic carbocycles. The van der Waals surface area contributed by atoms with Gasteiger partial charge in [0.1, 0.15) is 17.5 Å². The van der Waals surface area contributed by atoms with Crippen LogP contribution >= 0.6 is 0 Å². The highest BCUT2D eigenvalue weighted by atomic mass is 16.6. The molecular weight excluding hydrogens is 440 g/mol. The molecule has 5 atom stereocenters. The zero-order valence-electron chi connectivity index (χ0n) is 20.6. The molecule has 6 rings (SSSR count). The van der Waals surface area contributed by atoms with Gasteiger partial charge in [0.05, 0.1) is 17.5 Å². The fraction of sp³-hybridized carbons (Fsp3) is 0.448. The predicted octanol–water partition coefficient (Wildman–Crippen LogP) is 3.58. The lowest BCUT2D eigenvalue weighted by atomic mass is 9.48. The molecule has 2 aliphatic heterocycles. The van der Waals surface area contributed by atoms with Gasteiger partial charge in [-0.25, -0.2) is 0 Å². The number of hydrogen-bond acceptors (Lipinski definition) is 5. The van der Waals surface area contributed by atoms with Crippen LogP contribution in [0.25, 0.3) is 6.08 Å². The zero-order valence-corrected chi connectivity index (χ0v) is 20.6. The molecule has 4 aliphatic rings. The van der Waals surface area contributed by atoms with Crippen molar-refractivity contribution < 1.29 is 19.1 Å². The fourth-order valence-corrected chi connectivity index (χ4v) is 7.54. The van der Waals surface area contributed by atoms with Crippen molar-refractivity contribution in [3.63, 3.8) is 0 Å². The van der Waals surface area contributed by atoms with E-state index in [1.165, 1.54) is 18.1 Å². The first kappa shape index (κ1) is 22.4. The third-order valence-corrected chi connectivity index (χ3v) is 8.95. The Kier molecular flexibility index (Phi) is 5.08. The molecule has 2 bridgehead atoms. The number of amides is 1. The van der Waals surface area contributed by atoms with E-state index in [0.29, 0.717) is 6.42 Å². The van der Waals surface area contributed by atoms with Crippen LogP contribution in [0.15, 0.2) is 54.6 Å². The second-order valence-corrected chi connectivity index (χ2v) is 10.5. The number of piperidine rings is 1. The van der Waals surface area contributed by atoms with Crippen LogP contribution in [0, 0.1) is 0 Å². The van der Waals surface area contributed by atoms with Crippen LogP contribution in [0.1, 0.15) is 42.9 Å². The monoisotopic (exact) mass is 472 g/mol. The Morgan fingerprint density at radius 3 is 2.71 bits per heavy atom. The summed E-state index contributed by atoms with van der Waals surface area (Å²) in [6.07, 6.45) is 6.34. The number of likely N-dealkylation sites (tertiary alicyclic amines) is 1. The van der Waals surface area contributed by atoms with Gasteiger partial charge >= 0.3 is 5.97 Å². The van der Waals surface area contributed by atoms with E-state index in [0.717, 1.165) is 37.1 Å². The molecule has 1 saturated carbocycles. The van der Waals surface area contributed by atoms with E-state index in [1.54, 1.807) is 6.08 Å². The number of nitrogens with zero attached hydrogens (tertiary/aromatic N) is 2. The molecule has 2 fully saturated rings. The molecule has 6 heteroatoms. The van der Waals surface area contributed by atoms with Crippen molar-refractivity contribution in [2.24, 2.45) is 0 Å². The van der Waals surface area contributed by atoms with E-state index in [9.17, 15) is 9.59 Å². The summed E-state index contributed by atoms with van der Waals surface area (Å²) in [6, 6.07) is 16.1. The van der Waals surface area contributed by atoms with Crippen LogP contribution < -0.4 is 4.74 Å². The second-order valence-electron chi connectivity index (χ2n) is 10.5. The van der Waals surface area contributed by atoms with Crippen LogP contribution in [0.2, 0.25) is 0 Å². The number of benzene rings is 2. The van der Waals surface area contributed by atoms with E-state index in [-0.39, 0.29) is 30.1 Å². The molecule has 0 radical (unpaired) electrons. The van der Waals surface area contributed by atoms with Gasteiger partial charge in [0.2, 0.25) is 5.91 Å². The Morgan fingerprint density at radius 2 is 1.94 bits per heavy atom. The van der Waals surface area contributed by atoms with Gasteiger partial charge in [-0.1, -0.05) is 42.5 Å². The molecule has 0 aromatic heterocycles. The molecule has 0 unspecified atom stereocenters. The third-order valence-electron chi connectivity index (χ3n) is 8.95. The van der Waals surface area contributed by atoms with Gasteiger partial charge < -0.3 is 14.4 Å². The van der Waals surface area contributed by atoms with Crippen molar-refractivity contribution in [3.05, 3.63) is 71.3 Å². The van der Waals surface area contributed by atoms with Crippen LogP contribution in [0.3, 0.4) is 0 Å². The van der Waals surface area contributed by atoms with Crippen LogP contribution in [-0.4, -0.2) is 66.1 Å². The molecule has 1 spiro atoms. The highest BCUT2D eigenvalue weighted by Gasteiger charge is 2.75. The first-order valence-electron chi connectivity index (χ1n) is 12.6. The number of carbonyl (C=O) groups excluding carboxylic acids is 2. The summed E-state index contributed by atoms with van der Waals surface area (Å²) in [5, 5.41) is 0. The summed E-state index contributed by atoms with van der Waals surface area (Å²) < 4.78 is 13.1. The third kappa shape index (κ3) is 3.05. The molecule has 182 valence electrons. The first-order valence-corrected chi connectivity index (χ1v) is 12.6. The average molecular weight is 473 g/mol. The van der Waals surface area contributed by atoms with Crippen LogP contribution in [-0.2, 0) is 26.2 Å². The smallest absolute Gasteiger partial charge is 0.303 e. The minimum atomic E-state index is -0.656. The van der Waals surface area contributed by atoms with Crippen molar-refractivity contribution in [1.82, 2.24) is 9.80 Å². The van der Waals surface area contributed by atoms with Gasteiger partial charge in [-0.05, 0) is 62.5 Å². The Hall–Kier alpha value is -3.12. The van der Waals surface area contributed by atoms with Crippen molar-refractivity contribution >= 4 is 18.0 Å². The molecule has 35 heavy (non-hydrogen) atoms. The van der Waals surface area contributed by atoms with Crippen molar-refractivity contribution in [3.8, 4) is 5.75 Å². The molecule has 2 aromatic carbocycles. The fourth-order valence-electron chi connectivity index (χ4n) is 7.54. The largest absolute Gasteiger partial charge is 0.487 e. The number of rotatable bonds is 4. The maximum Gasteiger partial charge on any atom is 0.303 e. The lowest BCUT2D eigenvalue weighted by Gasteiger charge is -2.65. The molecule has 6 nitrogen and oxygen atoms in total. The normalized spacial score (nSPS) is 32.6. The van der Waals surface area contributed by atoms with E-state index < -0.39 is 11.0 Å². The van der Waals surface area contributed by atoms with Gasteiger partial charge in [0, 0.05) is 25.6 Å². The number of ether oxygens (including phenoxy) is 2. The van der Waals surface area contributed by atoms with Gasteiger partial charge in [0.15, 0.2) is 0 Å². The lowest BCUT2D eigenvalue weighted by molar-refractivity contribution is -0.220. The Balaban J connectivity index is 1.42. The Labute approximate surface area is 206 Å². The second kappa shape index (κ2) is 7.95. The lowest BCUT2D eigenvalue weighted by Crippen LogP contribution is -2.78. The predicted molar refractivity (Wildman–Crippen MR) is 133 cm³/mol. The van der Waals surface area contributed by atoms with Gasteiger partial charge in [-0.3, -0.25) is 14.5 Å². The summed E-state index contributed by atoms with van der Waals surface area (Å²) in [5.74, 6) is 0.597. The highest BCUT2D eigenvalue weighted by molar-refractivity contribution is 5.92. The number of likely N-dealkylation sites (N-methyl/N-ethyl adjacent to an activating group) is 2. The molecule has 1 saturated heterocycles. The number of carbonyl (C=O) groups is 2. The van der Waals surface area contributed by atoms with Crippen molar-refractivity contribution in [2.75, 3.05) is 20.6 Å². The maximum atomic E-state index is 13.3. The standard InChI is InChI=1S/C29H32N2O4/c1-19(32)35-29-15-14-22(31(3)25(33)13-12-20-8-5-4-6-9-20)27-28(29)16-17-30(2)24(29)18-21-10-7-11-23(34-27)26(21)28/h4-13,22,24,27H,14-18H2,1-3H3/t22-,24-,27+,28+,29-/m1/s1. The first-order chi connectivity index (χ1) is 16.9. The van der Waals surface area contributed by atoms with E-state index in [4.69, 9.17) is 9.47 Å². The van der Waals surface area contributed by atoms with Crippen LogP contribution in [0.4, 0.5) is 0 Å². The maximum absolute atomic E-state index is 13.3. The number of hydrogen-bond donors (Lipinski definition) is 0. The summed E-state index contributed by atoms with van der Waals surface area (Å²) in [5.41, 5.74) is 2.37.